The van der Waals surface area contributed by atoms with Crippen LogP contribution < -0.4 is 17.0 Å². The summed E-state index contributed by atoms with van der Waals surface area (Å²) < 4.78 is 7.02. The summed E-state index contributed by atoms with van der Waals surface area (Å²) in [7, 11) is 1.29. The molecule has 1 aromatic heterocycles. The molecular weight excluding hydrogens is 314 g/mol. The van der Waals surface area contributed by atoms with Gasteiger partial charge in [0.15, 0.2) is 6.61 Å². The fourth-order valence-electron chi connectivity index (χ4n) is 2.55. The summed E-state index contributed by atoms with van der Waals surface area (Å²) >= 11 is 0. The number of carbonyl (C=O) groups excluding carboxylic acids is 2. The van der Waals surface area contributed by atoms with Crippen LogP contribution in [0.2, 0.25) is 0 Å². The molecule has 1 aliphatic carbocycles. The van der Waals surface area contributed by atoms with Crippen molar-refractivity contribution in [1.82, 2.24) is 9.13 Å². The van der Waals surface area contributed by atoms with Crippen LogP contribution in [-0.2, 0) is 23.1 Å². The van der Waals surface area contributed by atoms with Crippen LogP contribution in [-0.4, -0.2) is 27.5 Å². The average molecular weight is 337 g/mol. The lowest BCUT2D eigenvalue weighted by Crippen LogP contribution is -2.43. The Hall–Kier alpha value is -2.38. The molecule has 1 saturated carbocycles. The van der Waals surface area contributed by atoms with Crippen LogP contribution in [0.5, 0.6) is 0 Å². The summed E-state index contributed by atoms with van der Waals surface area (Å²) in [5.41, 5.74) is 4.22. The quantitative estimate of drug-likeness (QED) is 0.584. The lowest BCUT2D eigenvalue weighted by molar-refractivity contribution is -0.144. The summed E-state index contributed by atoms with van der Waals surface area (Å²) in [6.07, 6.45) is 0.746. The second kappa shape index (κ2) is 6.62. The van der Waals surface area contributed by atoms with Gasteiger partial charge in [-0.3, -0.25) is 23.5 Å². The van der Waals surface area contributed by atoms with E-state index in [0.29, 0.717) is 0 Å². The molecule has 8 heteroatoms. The number of nitrogens with zero attached hydrogens (tertiary/aromatic N) is 2. The van der Waals surface area contributed by atoms with Crippen molar-refractivity contribution < 1.29 is 14.3 Å². The van der Waals surface area contributed by atoms with E-state index < -0.39 is 29.6 Å². The number of Topliss-reactive ketones (excluding diaryl/α,β-unsaturated/α-hetero) is 1. The first kappa shape index (κ1) is 18.0. The molecule has 2 atom stereocenters. The van der Waals surface area contributed by atoms with Crippen molar-refractivity contribution in [2.45, 2.75) is 33.7 Å². The molecule has 0 aliphatic heterocycles. The highest BCUT2D eigenvalue weighted by Crippen LogP contribution is 2.38. The normalized spacial score (nSPS) is 19.4. The Kier molecular flexibility index (Phi) is 4.96. The van der Waals surface area contributed by atoms with E-state index in [1.165, 1.54) is 11.6 Å². The van der Waals surface area contributed by atoms with E-state index in [9.17, 15) is 19.2 Å². The molecule has 0 radical (unpaired) electrons. The first-order valence-corrected chi connectivity index (χ1v) is 7.94. The van der Waals surface area contributed by atoms with Gasteiger partial charge in [0.05, 0.1) is 5.92 Å². The van der Waals surface area contributed by atoms with Crippen molar-refractivity contribution in [3.05, 3.63) is 26.4 Å². The highest BCUT2D eigenvalue weighted by molar-refractivity contribution is 6.01. The minimum absolute atomic E-state index is 0.0969. The average Bonchev–Trinajstić information content (AvgIpc) is 3.24. The van der Waals surface area contributed by atoms with E-state index in [4.69, 9.17) is 10.5 Å². The Balaban J connectivity index is 2.29. The third-order valence-corrected chi connectivity index (χ3v) is 4.17. The summed E-state index contributed by atoms with van der Waals surface area (Å²) in [6, 6.07) is 0. The third kappa shape index (κ3) is 3.42. The number of ether oxygens (including phenoxy) is 1. The number of anilines is 1. The SMILES string of the molecule is CC(C)Cn1c(N)c(C(=O)COC(=O)[C@H]2C[C@H]2C)c(=O)n(C)c1=O. The molecular formula is C16H23N3O5. The van der Waals surface area contributed by atoms with Crippen molar-refractivity contribution in [3.63, 3.8) is 0 Å². The number of hydrogen-bond donors (Lipinski definition) is 1. The maximum absolute atomic E-state index is 12.3. The number of ketones is 1. The van der Waals surface area contributed by atoms with Crippen molar-refractivity contribution in [3.8, 4) is 0 Å². The number of hydrogen-bond acceptors (Lipinski definition) is 6. The van der Waals surface area contributed by atoms with Gasteiger partial charge in [-0.15, -0.1) is 0 Å². The van der Waals surface area contributed by atoms with Crippen molar-refractivity contribution in [1.29, 1.82) is 0 Å². The molecule has 1 fully saturated rings. The zero-order valence-electron chi connectivity index (χ0n) is 14.4. The zero-order chi connectivity index (χ0) is 18.2. The highest BCUT2D eigenvalue weighted by atomic mass is 16.5. The summed E-state index contributed by atoms with van der Waals surface area (Å²) in [5, 5.41) is 0. The lowest BCUT2D eigenvalue weighted by Gasteiger charge is -2.16. The predicted octanol–water partition coefficient (Wildman–Crippen LogP) is 0.167. The molecule has 0 bridgehead atoms. The number of nitrogens with two attached hydrogens (primary N) is 1. The Bertz CT molecular complexity index is 790. The highest BCUT2D eigenvalue weighted by Gasteiger charge is 2.40. The Morgan fingerprint density at radius 2 is 1.92 bits per heavy atom. The van der Waals surface area contributed by atoms with Crippen LogP contribution in [0.1, 0.15) is 37.6 Å². The number of rotatable bonds is 6. The molecule has 0 saturated heterocycles. The van der Waals surface area contributed by atoms with E-state index in [2.05, 4.69) is 0 Å². The van der Waals surface area contributed by atoms with Gasteiger partial charge >= 0.3 is 11.7 Å². The molecule has 8 nitrogen and oxygen atoms in total. The molecule has 1 aromatic rings. The minimum atomic E-state index is -0.779. The van der Waals surface area contributed by atoms with Gasteiger partial charge in [-0.1, -0.05) is 20.8 Å². The van der Waals surface area contributed by atoms with Crippen LogP contribution >= 0.6 is 0 Å². The van der Waals surface area contributed by atoms with Crippen molar-refractivity contribution in [2.75, 3.05) is 12.3 Å². The number of esters is 1. The summed E-state index contributed by atoms with van der Waals surface area (Å²) in [6.45, 7) is 5.41. The maximum atomic E-state index is 12.3. The second-order valence-corrected chi connectivity index (χ2v) is 6.76. The van der Waals surface area contributed by atoms with E-state index in [1.54, 1.807) is 0 Å². The van der Waals surface area contributed by atoms with Crippen LogP contribution in [0.15, 0.2) is 9.59 Å². The number of carbonyl (C=O) groups is 2. The van der Waals surface area contributed by atoms with Gasteiger partial charge in [-0.25, -0.2) is 4.79 Å². The van der Waals surface area contributed by atoms with Gasteiger partial charge in [-0.2, -0.15) is 0 Å². The van der Waals surface area contributed by atoms with Crippen molar-refractivity contribution >= 4 is 17.6 Å². The predicted molar refractivity (Wildman–Crippen MR) is 87.8 cm³/mol. The van der Waals surface area contributed by atoms with Crippen LogP contribution in [0.3, 0.4) is 0 Å². The largest absolute Gasteiger partial charge is 0.457 e. The first-order chi connectivity index (χ1) is 11.1. The zero-order valence-corrected chi connectivity index (χ0v) is 14.4. The van der Waals surface area contributed by atoms with Gasteiger partial charge in [0.25, 0.3) is 5.56 Å². The van der Waals surface area contributed by atoms with E-state index >= 15 is 0 Å². The molecule has 1 aliphatic rings. The van der Waals surface area contributed by atoms with Crippen molar-refractivity contribution in [2.24, 2.45) is 24.8 Å². The fraction of sp³-hybridized carbons (Fsp3) is 0.625. The molecule has 132 valence electrons. The van der Waals surface area contributed by atoms with Gasteiger partial charge in [0.2, 0.25) is 5.78 Å². The molecule has 0 spiro atoms. The first-order valence-electron chi connectivity index (χ1n) is 7.94. The molecule has 24 heavy (non-hydrogen) atoms. The lowest BCUT2D eigenvalue weighted by atomic mass is 10.1. The van der Waals surface area contributed by atoms with Crippen LogP contribution in [0.25, 0.3) is 0 Å². The molecule has 1 heterocycles. The number of nitrogen functional groups attached to an aromatic ring is 1. The Labute approximate surface area is 139 Å². The topological polar surface area (TPSA) is 113 Å². The fourth-order valence-corrected chi connectivity index (χ4v) is 2.55. The smallest absolute Gasteiger partial charge is 0.332 e. The second-order valence-electron chi connectivity index (χ2n) is 6.76. The van der Waals surface area contributed by atoms with Gasteiger partial charge in [0.1, 0.15) is 11.4 Å². The molecule has 0 amide bonds. The van der Waals surface area contributed by atoms with E-state index in [-0.39, 0.29) is 35.7 Å². The Morgan fingerprint density at radius 3 is 2.42 bits per heavy atom. The number of aromatic nitrogens is 2. The molecule has 2 N–H and O–H groups in total. The van der Waals surface area contributed by atoms with Crippen LogP contribution in [0.4, 0.5) is 5.82 Å². The standard InChI is InChI=1S/C16H23N3O5/c1-8(2)6-19-13(17)12(14(21)18(4)16(19)23)11(20)7-24-15(22)10-5-9(10)3/h8-10H,5-7,17H2,1-4H3/t9-,10+/m1/s1. The third-order valence-electron chi connectivity index (χ3n) is 4.17. The van der Waals surface area contributed by atoms with E-state index in [0.717, 1.165) is 11.0 Å². The molecule has 0 aromatic carbocycles. The summed E-state index contributed by atoms with van der Waals surface area (Å²) in [4.78, 5) is 48.5. The monoisotopic (exact) mass is 337 g/mol. The van der Waals surface area contributed by atoms with Gasteiger partial charge < -0.3 is 10.5 Å². The summed E-state index contributed by atoms with van der Waals surface area (Å²) in [5.74, 6) is -1.14. The Morgan fingerprint density at radius 1 is 1.33 bits per heavy atom. The van der Waals surface area contributed by atoms with Gasteiger partial charge in [0, 0.05) is 13.6 Å². The molecule has 2 rings (SSSR count). The maximum Gasteiger partial charge on any atom is 0.332 e. The van der Waals surface area contributed by atoms with Crippen LogP contribution in [0, 0.1) is 17.8 Å². The molecule has 0 unspecified atom stereocenters. The van der Waals surface area contributed by atoms with E-state index in [1.807, 2.05) is 20.8 Å². The van der Waals surface area contributed by atoms with Gasteiger partial charge in [-0.05, 0) is 18.3 Å². The minimum Gasteiger partial charge on any atom is -0.457 e.